The first kappa shape index (κ1) is 22.2. The van der Waals surface area contributed by atoms with E-state index in [9.17, 15) is 9.59 Å². The van der Waals surface area contributed by atoms with Crippen LogP contribution in [-0.4, -0.2) is 23.9 Å². The van der Waals surface area contributed by atoms with Crippen molar-refractivity contribution in [2.45, 2.75) is 6.42 Å². The quantitative estimate of drug-likeness (QED) is 0.418. The highest BCUT2D eigenvalue weighted by Gasteiger charge is 2.23. The number of nitrogens with zero attached hydrogens (tertiary/aromatic N) is 1. The summed E-state index contributed by atoms with van der Waals surface area (Å²) in [6, 6.07) is 20.9. The predicted molar refractivity (Wildman–Crippen MR) is 135 cm³/mol. The third-order valence-electron chi connectivity index (χ3n) is 5.95. The number of benzene rings is 3. The number of rotatable bonds is 5. The molecule has 0 N–H and O–H groups in total. The van der Waals surface area contributed by atoms with Crippen LogP contribution in [0.5, 0.6) is 11.5 Å². The fourth-order valence-electron chi connectivity index (χ4n) is 4.31. The highest BCUT2D eigenvalue weighted by Crippen LogP contribution is 2.32. The van der Waals surface area contributed by atoms with Crippen molar-refractivity contribution in [1.29, 1.82) is 0 Å². The molecule has 2 aliphatic rings. The lowest BCUT2D eigenvalue weighted by Gasteiger charge is -2.29. The van der Waals surface area contributed by atoms with Crippen molar-refractivity contribution >= 4 is 23.7 Å². The highest BCUT2D eigenvalue weighted by molar-refractivity contribution is 5.93. The first-order valence-corrected chi connectivity index (χ1v) is 11.2. The van der Waals surface area contributed by atoms with Crippen LogP contribution in [0.15, 0.2) is 109 Å². The number of carbonyl (C=O) groups excluding carboxylic acids is 2. The SMILES string of the molecule is C=CC1=C2C(=c3cc(OC(=O)c4ccccc4)c(OC(=O)c4ccccc4)cc3=CN2C)CC=C1. The van der Waals surface area contributed by atoms with E-state index in [1.54, 1.807) is 60.7 Å². The molecule has 35 heavy (non-hydrogen) atoms. The van der Waals surface area contributed by atoms with Crippen LogP contribution in [0, 0.1) is 0 Å². The molecule has 0 saturated heterocycles. The van der Waals surface area contributed by atoms with E-state index in [2.05, 4.69) is 12.7 Å². The van der Waals surface area contributed by atoms with E-state index in [0.717, 1.165) is 27.3 Å². The third kappa shape index (κ3) is 4.32. The zero-order valence-electron chi connectivity index (χ0n) is 19.2. The van der Waals surface area contributed by atoms with E-state index < -0.39 is 11.9 Å². The molecule has 0 saturated carbocycles. The van der Waals surface area contributed by atoms with Gasteiger partial charge >= 0.3 is 11.9 Å². The molecule has 0 radical (unpaired) electrons. The smallest absolute Gasteiger partial charge is 0.343 e. The Morgan fingerprint density at radius 1 is 0.886 bits per heavy atom. The van der Waals surface area contributed by atoms with Gasteiger partial charge in [0, 0.05) is 18.5 Å². The van der Waals surface area contributed by atoms with Gasteiger partial charge in [-0.05, 0) is 59.2 Å². The van der Waals surface area contributed by atoms with Gasteiger partial charge in [0.2, 0.25) is 0 Å². The molecule has 5 rings (SSSR count). The van der Waals surface area contributed by atoms with Crippen LogP contribution in [-0.2, 0) is 0 Å². The number of ether oxygens (including phenoxy) is 2. The van der Waals surface area contributed by atoms with Crippen molar-refractivity contribution < 1.29 is 19.1 Å². The van der Waals surface area contributed by atoms with Gasteiger partial charge in [0.25, 0.3) is 0 Å². The Kier molecular flexibility index (Phi) is 5.90. The molecule has 0 aromatic heterocycles. The van der Waals surface area contributed by atoms with Crippen molar-refractivity contribution in [2.75, 3.05) is 7.05 Å². The second-order valence-corrected chi connectivity index (χ2v) is 8.23. The molecule has 0 atom stereocenters. The lowest BCUT2D eigenvalue weighted by Crippen LogP contribution is -2.37. The molecular weight excluding hydrogens is 438 g/mol. The Morgan fingerprint density at radius 3 is 2.03 bits per heavy atom. The topological polar surface area (TPSA) is 55.8 Å². The van der Waals surface area contributed by atoms with Crippen LogP contribution < -0.4 is 19.9 Å². The van der Waals surface area contributed by atoms with Crippen molar-refractivity contribution in [3.8, 4) is 11.5 Å². The fraction of sp³-hybridized carbons (Fsp3) is 0.0667. The van der Waals surface area contributed by atoms with Crippen molar-refractivity contribution in [3.05, 3.63) is 130 Å². The van der Waals surface area contributed by atoms with E-state index >= 15 is 0 Å². The van der Waals surface area contributed by atoms with Crippen molar-refractivity contribution in [2.24, 2.45) is 0 Å². The second kappa shape index (κ2) is 9.31. The molecule has 3 aromatic rings. The van der Waals surface area contributed by atoms with E-state index in [-0.39, 0.29) is 11.5 Å². The van der Waals surface area contributed by atoms with Gasteiger partial charge in [-0.1, -0.05) is 61.2 Å². The third-order valence-corrected chi connectivity index (χ3v) is 5.95. The molecule has 1 aliphatic heterocycles. The maximum atomic E-state index is 12.9. The summed E-state index contributed by atoms with van der Waals surface area (Å²) in [5.41, 5.74) is 3.95. The summed E-state index contributed by atoms with van der Waals surface area (Å²) in [5.74, 6) is -0.707. The number of carbonyl (C=O) groups is 2. The van der Waals surface area contributed by atoms with Gasteiger partial charge in [-0.3, -0.25) is 0 Å². The lowest BCUT2D eigenvalue weighted by molar-refractivity contribution is 0.0682. The Bertz CT molecular complexity index is 1520. The number of hydrogen-bond donors (Lipinski definition) is 0. The van der Waals surface area contributed by atoms with Gasteiger partial charge in [0.1, 0.15) is 0 Å². The zero-order valence-corrected chi connectivity index (χ0v) is 19.2. The van der Waals surface area contributed by atoms with E-state index in [4.69, 9.17) is 9.47 Å². The predicted octanol–water partition coefficient (Wildman–Crippen LogP) is 4.36. The number of fused-ring (bicyclic) bond motifs is 2. The molecule has 0 fully saturated rings. The summed E-state index contributed by atoms with van der Waals surface area (Å²) in [4.78, 5) is 27.8. The summed E-state index contributed by atoms with van der Waals surface area (Å²) in [5, 5.41) is 1.78. The maximum absolute atomic E-state index is 12.9. The first-order chi connectivity index (χ1) is 17.0. The molecule has 1 aliphatic carbocycles. The number of hydrogen-bond acceptors (Lipinski definition) is 5. The van der Waals surface area contributed by atoms with Crippen LogP contribution in [0.3, 0.4) is 0 Å². The Hall–Kier alpha value is -4.64. The molecule has 0 amide bonds. The van der Waals surface area contributed by atoms with Crippen LogP contribution in [0.4, 0.5) is 0 Å². The van der Waals surface area contributed by atoms with Crippen LogP contribution >= 0.6 is 0 Å². The molecule has 0 unspecified atom stereocenters. The van der Waals surface area contributed by atoms with E-state index in [0.29, 0.717) is 17.5 Å². The average molecular weight is 462 g/mol. The maximum Gasteiger partial charge on any atom is 0.343 e. The number of esters is 2. The monoisotopic (exact) mass is 461 g/mol. The summed E-state index contributed by atoms with van der Waals surface area (Å²) in [6.45, 7) is 3.94. The first-order valence-electron chi connectivity index (χ1n) is 11.2. The molecule has 5 nitrogen and oxygen atoms in total. The van der Waals surface area contributed by atoms with Crippen molar-refractivity contribution in [3.63, 3.8) is 0 Å². The average Bonchev–Trinajstić information content (AvgIpc) is 2.90. The van der Waals surface area contributed by atoms with Gasteiger partial charge in [-0.15, -0.1) is 0 Å². The van der Waals surface area contributed by atoms with Crippen LogP contribution in [0.25, 0.3) is 11.8 Å². The normalized spacial score (nSPS) is 14.0. The number of allylic oxidation sites excluding steroid dienone is 5. The van der Waals surface area contributed by atoms with Crippen LogP contribution in [0.2, 0.25) is 0 Å². The summed E-state index contributed by atoms with van der Waals surface area (Å²) in [7, 11) is 1.97. The molecule has 0 bridgehead atoms. The van der Waals surface area contributed by atoms with Crippen LogP contribution in [0.1, 0.15) is 27.1 Å². The molecule has 172 valence electrons. The van der Waals surface area contributed by atoms with Gasteiger partial charge in [0.15, 0.2) is 11.5 Å². The minimum absolute atomic E-state index is 0.176. The lowest BCUT2D eigenvalue weighted by atomic mass is 9.92. The zero-order chi connectivity index (χ0) is 24.4. The van der Waals surface area contributed by atoms with Gasteiger partial charge < -0.3 is 14.4 Å². The van der Waals surface area contributed by atoms with E-state index in [1.807, 2.05) is 42.4 Å². The fourth-order valence-corrected chi connectivity index (χ4v) is 4.31. The Morgan fingerprint density at radius 2 is 1.46 bits per heavy atom. The standard InChI is InChI=1S/C30H23NO4/c1-3-20-15-10-16-24-25-18-27(35-30(33)22-13-8-5-9-14-22)26(17-23(25)19-31(2)28(20)24)34-29(32)21-11-6-4-7-12-21/h3-15,17-19H,1,16H2,2H3. The summed E-state index contributed by atoms with van der Waals surface area (Å²) < 4.78 is 11.5. The Labute approximate surface area is 203 Å². The highest BCUT2D eigenvalue weighted by atomic mass is 16.6. The van der Waals surface area contributed by atoms with Gasteiger partial charge in [-0.25, -0.2) is 9.59 Å². The van der Waals surface area contributed by atoms with Gasteiger partial charge in [0.05, 0.1) is 16.8 Å². The minimum atomic E-state index is -0.533. The second-order valence-electron chi connectivity index (χ2n) is 8.23. The molecular formula is C30H23NO4. The molecule has 1 heterocycles. The van der Waals surface area contributed by atoms with E-state index in [1.165, 1.54) is 0 Å². The summed E-state index contributed by atoms with van der Waals surface area (Å²) >= 11 is 0. The summed E-state index contributed by atoms with van der Waals surface area (Å²) in [6.07, 6.45) is 8.64. The van der Waals surface area contributed by atoms with Crippen molar-refractivity contribution in [1.82, 2.24) is 4.90 Å². The van der Waals surface area contributed by atoms with Gasteiger partial charge in [-0.2, -0.15) is 0 Å². The molecule has 0 spiro atoms. The Balaban J connectivity index is 1.65. The molecule has 3 aromatic carbocycles. The minimum Gasteiger partial charge on any atom is -0.419 e. The molecule has 5 heteroatoms. The largest absolute Gasteiger partial charge is 0.419 e.